The van der Waals surface area contributed by atoms with E-state index in [0.29, 0.717) is 11.3 Å². The van der Waals surface area contributed by atoms with Crippen LogP contribution in [0.5, 0.6) is 5.75 Å². The maximum absolute atomic E-state index is 11.7. The molecule has 2 aromatic rings. The number of ether oxygens (including phenoxy) is 1. The van der Waals surface area contributed by atoms with Crippen LogP contribution >= 0.6 is 0 Å². The first-order valence-electron chi connectivity index (χ1n) is 6.45. The summed E-state index contributed by atoms with van der Waals surface area (Å²) in [5.41, 5.74) is 1.50. The zero-order valence-corrected chi connectivity index (χ0v) is 11.5. The first kappa shape index (κ1) is 15.2. The Morgan fingerprint density at radius 3 is 2.41 bits per heavy atom. The van der Waals surface area contributed by atoms with E-state index in [1.165, 1.54) is 6.08 Å². The Bertz CT molecular complexity index is 665. The van der Waals surface area contributed by atoms with E-state index >= 15 is 0 Å². The summed E-state index contributed by atoms with van der Waals surface area (Å²) in [5, 5.41) is 9.22. The molecule has 0 fully saturated rings. The number of carbonyl (C=O) groups is 1. The highest BCUT2D eigenvalue weighted by molar-refractivity contribution is 5.88. The summed E-state index contributed by atoms with van der Waals surface area (Å²) in [7, 11) is 0. The number of benzene rings is 2. The van der Waals surface area contributed by atoms with Crippen LogP contribution < -0.4 is 4.74 Å². The minimum absolute atomic E-state index is 0.144. The standard InChI is InChI=1S/C16H13NO5/c18-16(11-8-13-4-2-1-3-5-13)22-15-9-6-14(7-10-15)12-21-17(19)20/h1-11H,12H2. The molecular formula is C16H13NO5. The Morgan fingerprint density at radius 2 is 1.77 bits per heavy atom. The van der Waals surface area contributed by atoms with Gasteiger partial charge in [0.15, 0.2) is 0 Å². The van der Waals surface area contributed by atoms with Crippen molar-refractivity contribution in [2.75, 3.05) is 0 Å². The molecule has 0 atom stereocenters. The first-order chi connectivity index (χ1) is 10.6. The average molecular weight is 299 g/mol. The Morgan fingerprint density at radius 1 is 1.09 bits per heavy atom. The first-order valence-corrected chi connectivity index (χ1v) is 6.45. The average Bonchev–Trinajstić information content (AvgIpc) is 2.53. The van der Waals surface area contributed by atoms with Crippen LogP contribution in [0.2, 0.25) is 0 Å². The second kappa shape index (κ2) is 7.58. The van der Waals surface area contributed by atoms with E-state index in [4.69, 9.17) is 4.74 Å². The molecule has 112 valence electrons. The van der Waals surface area contributed by atoms with Crippen molar-refractivity contribution in [1.82, 2.24) is 0 Å². The van der Waals surface area contributed by atoms with Crippen molar-refractivity contribution < 1.29 is 19.5 Å². The van der Waals surface area contributed by atoms with Crippen LogP contribution in [0.4, 0.5) is 0 Å². The minimum atomic E-state index is -0.859. The summed E-state index contributed by atoms with van der Waals surface area (Å²) in [6, 6.07) is 15.6. The number of nitrogens with zero attached hydrogens (tertiary/aromatic N) is 1. The molecule has 0 saturated carbocycles. The molecule has 0 spiro atoms. The van der Waals surface area contributed by atoms with Crippen LogP contribution in [-0.2, 0) is 16.2 Å². The highest BCUT2D eigenvalue weighted by atomic mass is 16.9. The van der Waals surface area contributed by atoms with Crippen molar-refractivity contribution in [3.63, 3.8) is 0 Å². The largest absolute Gasteiger partial charge is 0.423 e. The van der Waals surface area contributed by atoms with Crippen LogP contribution in [0.3, 0.4) is 0 Å². The Balaban J connectivity index is 1.89. The molecule has 0 aliphatic rings. The van der Waals surface area contributed by atoms with Gasteiger partial charge in [-0.1, -0.05) is 42.5 Å². The molecule has 2 aromatic carbocycles. The van der Waals surface area contributed by atoms with Crippen LogP contribution in [0, 0.1) is 10.1 Å². The van der Waals surface area contributed by atoms with E-state index in [-0.39, 0.29) is 6.61 Å². The van der Waals surface area contributed by atoms with Gasteiger partial charge in [0.25, 0.3) is 5.09 Å². The van der Waals surface area contributed by atoms with Gasteiger partial charge in [0, 0.05) is 6.08 Å². The second-order valence-electron chi connectivity index (χ2n) is 4.31. The third-order valence-corrected chi connectivity index (χ3v) is 2.69. The van der Waals surface area contributed by atoms with E-state index in [9.17, 15) is 14.9 Å². The van der Waals surface area contributed by atoms with Gasteiger partial charge in [-0.3, -0.25) is 0 Å². The lowest BCUT2D eigenvalue weighted by Crippen LogP contribution is -2.04. The SMILES string of the molecule is O=C(C=Cc1ccccc1)Oc1ccc(CO[N+](=O)[O-])cc1. The quantitative estimate of drug-likeness (QED) is 0.269. The molecule has 6 nitrogen and oxygen atoms in total. The number of hydrogen-bond acceptors (Lipinski definition) is 5. The fourth-order valence-electron chi connectivity index (χ4n) is 1.66. The predicted molar refractivity (Wildman–Crippen MR) is 79.3 cm³/mol. The summed E-state index contributed by atoms with van der Waals surface area (Å²) < 4.78 is 5.12. The summed E-state index contributed by atoms with van der Waals surface area (Å²) >= 11 is 0. The lowest BCUT2D eigenvalue weighted by atomic mass is 10.2. The number of rotatable bonds is 6. The summed E-state index contributed by atoms with van der Waals surface area (Å²) in [5.74, 6) is -0.147. The number of carbonyl (C=O) groups excluding carboxylic acids is 1. The molecule has 0 saturated heterocycles. The zero-order chi connectivity index (χ0) is 15.8. The molecule has 0 heterocycles. The van der Waals surface area contributed by atoms with Crippen molar-refractivity contribution in [3.05, 3.63) is 81.9 Å². The molecule has 0 N–H and O–H groups in total. The molecular weight excluding hydrogens is 286 g/mol. The molecule has 22 heavy (non-hydrogen) atoms. The lowest BCUT2D eigenvalue weighted by Gasteiger charge is -2.03. The number of hydrogen-bond donors (Lipinski definition) is 0. The Kier molecular flexibility index (Phi) is 5.25. The van der Waals surface area contributed by atoms with Crippen LogP contribution in [-0.4, -0.2) is 11.1 Å². The van der Waals surface area contributed by atoms with Gasteiger partial charge in [-0.25, -0.2) is 4.79 Å². The van der Waals surface area contributed by atoms with Gasteiger partial charge in [-0.05, 0) is 29.3 Å². The molecule has 0 unspecified atom stereocenters. The van der Waals surface area contributed by atoms with Gasteiger partial charge in [-0.2, -0.15) is 0 Å². The van der Waals surface area contributed by atoms with Crippen molar-refractivity contribution in [1.29, 1.82) is 0 Å². The summed E-state index contributed by atoms with van der Waals surface area (Å²) in [6.45, 7) is -0.144. The Labute approximate surface area is 126 Å². The normalized spacial score (nSPS) is 10.4. The molecule has 0 aliphatic carbocycles. The molecule has 0 aliphatic heterocycles. The van der Waals surface area contributed by atoms with Gasteiger partial charge < -0.3 is 9.57 Å². The lowest BCUT2D eigenvalue weighted by molar-refractivity contribution is -0.763. The van der Waals surface area contributed by atoms with E-state index < -0.39 is 11.1 Å². The minimum Gasteiger partial charge on any atom is -0.423 e. The molecule has 0 bridgehead atoms. The van der Waals surface area contributed by atoms with E-state index in [1.54, 1.807) is 30.3 Å². The smallest absolute Gasteiger partial charge is 0.336 e. The van der Waals surface area contributed by atoms with Crippen molar-refractivity contribution in [3.8, 4) is 5.75 Å². The molecule has 0 amide bonds. The van der Waals surface area contributed by atoms with E-state index in [2.05, 4.69) is 4.84 Å². The van der Waals surface area contributed by atoms with Gasteiger partial charge >= 0.3 is 5.97 Å². The highest BCUT2D eigenvalue weighted by Crippen LogP contribution is 2.13. The summed E-state index contributed by atoms with van der Waals surface area (Å²) in [4.78, 5) is 26.0. The zero-order valence-electron chi connectivity index (χ0n) is 11.5. The van der Waals surface area contributed by atoms with E-state index in [0.717, 1.165) is 5.56 Å². The Hall–Kier alpha value is -3.15. The monoisotopic (exact) mass is 299 g/mol. The van der Waals surface area contributed by atoms with E-state index in [1.807, 2.05) is 30.3 Å². The molecule has 0 radical (unpaired) electrons. The van der Waals surface area contributed by atoms with Gasteiger partial charge in [0.05, 0.1) is 0 Å². The fourth-order valence-corrected chi connectivity index (χ4v) is 1.66. The maximum Gasteiger partial charge on any atom is 0.336 e. The molecule has 0 aromatic heterocycles. The van der Waals surface area contributed by atoms with Crippen LogP contribution in [0.15, 0.2) is 60.7 Å². The third-order valence-electron chi connectivity index (χ3n) is 2.69. The molecule has 6 heteroatoms. The van der Waals surface area contributed by atoms with Gasteiger partial charge in [0.1, 0.15) is 12.4 Å². The van der Waals surface area contributed by atoms with Crippen molar-refractivity contribution in [2.45, 2.75) is 6.61 Å². The van der Waals surface area contributed by atoms with Gasteiger partial charge in [-0.15, -0.1) is 10.1 Å². The second-order valence-corrected chi connectivity index (χ2v) is 4.31. The van der Waals surface area contributed by atoms with Crippen LogP contribution in [0.1, 0.15) is 11.1 Å². The maximum atomic E-state index is 11.7. The third kappa shape index (κ3) is 5.09. The van der Waals surface area contributed by atoms with Crippen LogP contribution in [0.25, 0.3) is 6.08 Å². The topological polar surface area (TPSA) is 78.7 Å². The fraction of sp³-hybridized carbons (Fsp3) is 0.0625. The highest BCUT2D eigenvalue weighted by Gasteiger charge is 2.02. The van der Waals surface area contributed by atoms with Crippen molar-refractivity contribution >= 4 is 12.0 Å². The number of esters is 1. The predicted octanol–water partition coefficient (Wildman–Crippen LogP) is 3.01. The molecule has 2 rings (SSSR count). The van der Waals surface area contributed by atoms with Crippen molar-refractivity contribution in [2.24, 2.45) is 0 Å². The summed E-state index contributed by atoms with van der Waals surface area (Å²) in [6.07, 6.45) is 2.99. The van der Waals surface area contributed by atoms with Gasteiger partial charge in [0.2, 0.25) is 0 Å².